The average molecular weight is 329 g/mol. The van der Waals surface area contributed by atoms with Crippen LogP contribution in [0, 0.1) is 6.92 Å². The highest BCUT2D eigenvalue weighted by atomic mass is 32.2. The molecule has 0 aromatic heterocycles. The molecule has 0 bridgehead atoms. The second kappa shape index (κ2) is 6.27. The number of nitrogens with zero attached hydrogens (tertiary/aromatic N) is 1. The number of benzene rings is 1. The molecule has 0 radical (unpaired) electrons. The summed E-state index contributed by atoms with van der Waals surface area (Å²) in [6, 6.07) is 4.84. The van der Waals surface area contributed by atoms with Gasteiger partial charge in [0.15, 0.2) is 9.84 Å². The Morgan fingerprint density at radius 2 is 2.19 bits per heavy atom. The average Bonchev–Trinajstić information content (AvgIpc) is 2.47. The van der Waals surface area contributed by atoms with Gasteiger partial charge < -0.3 is 10.0 Å². The van der Waals surface area contributed by atoms with E-state index in [1.54, 1.807) is 30.8 Å². The Kier molecular flexibility index (Phi) is 4.83. The molecule has 0 amide bonds. The van der Waals surface area contributed by atoms with E-state index < -0.39 is 21.2 Å². The van der Waals surface area contributed by atoms with Gasteiger partial charge in [0, 0.05) is 29.5 Å². The maximum atomic E-state index is 12.3. The molecule has 1 aliphatic heterocycles. The summed E-state index contributed by atoms with van der Waals surface area (Å²) >= 11 is 1.64. The minimum absolute atomic E-state index is 0.112. The molecule has 1 aromatic carbocycles. The zero-order valence-electron chi connectivity index (χ0n) is 12.1. The first-order valence-electron chi connectivity index (χ1n) is 6.76. The summed E-state index contributed by atoms with van der Waals surface area (Å²) in [4.78, 5) is 12.9. The van der Waals surface area contributed by atoms with E-state index in [9.17, 15) is 13.2 Å². The summed E-state index contributed by atoms with van der Waals surface area (Å²) < 4.78 is 24.6. The summed E-state index contributed by atoms with van der Waals surface area (Å²) in [6.07, 6.45) is 0. The Hall–Kier alpha value is -1.21. The van der Waals surface area contributed by atoms with E-state index in [2.05, 4.69) is 0 Å². The number of carbonyl (C=O) groups is 1. The first kappa shape index (κ1) is 16.2. The van der Waals surface area contributed by atoms with Gasteiger partial charge in [-0.05, 0) is 30.7 Å². The van der Waals surface area contributed by atoms with Gasteiger partial charge in [0.1, 0.15) is 5.37 Å². The molecule has 1 heterocycles. The van der Waals surface area contributed by atoms with Crippen LogP contribution in [0.5, 0.6) is 0 Å². The molecule has 1 aliphatic rings. The fraction of sp³-hybridized carbons (Fsp3) is 0.500. The number of thioether (sulfide) groups is 1. The van der Waals surface area contributed by atoms with Crippen LogP contribution in [-0.4, -0.2) is 48.7 Å². The Morgan fingerprint density at radius 3 is 2.76 bits per heavy atom. The van der Waals surface area contributed by atoms with Crippen molar-refractivity contribution in [2.24, 2.45) is 0 Å². The topological polar surface area (TPSA) is 74.7 Å². The van der Waals surface area contributed by atoms with Gasteiger partial charge in [0.05, 0.1) is 5.56 Å². The first-order valence-corrected chi connectivity index (χ1v) is 9.63. The lowest BCUT2D eigenvalue weighted by Gasteiger charge is -2.37. The molecule has 2 rings (SSSR count). The van der Waals surface area contributed by atoms with Crippen molar-refractivity contribution >= 4 is 33.3 Å². The normalized spacial score (nSPS) is 19.5. The van der Waals surface area contributed by atoms with E-state index in [1.165, 1.54) is 6.07 Å². The third-order valence-corrected chi connectivity index (χ3v) is 6.94. The van der Waals surface area contributed by atoms with Crippen molar-refractivity contribution in [3.63, 3.8) is 0 Å². The molecule has 7 heteroatoms. The van der Waals surface area contributed by atoms with Crippen LogP contribution in [-0.2, 0) is 9.84 Å². The molecule has 5 nitrogen and oxygen atoms in total. The maximum absolute atomic E-state index is 12.3. The molecule has 0 aliphatic carbocycles. The highest BCUT2D eigenvalue weighted by Gasteiger charge is 2.33. The molecule has 1 aromatic rings. The summed E-state index contributed by atoms with van der Waals surface area (Å²) in [5.74, 6) is 0.559. The van der Waals surface area contributed by atoms with Crippen LogP contribution in [0.4, 0.5) is 5.69 Å². The summed E-state index contributed by atoms with van der Waals surface area (Å²) in [5, 5.41) is 8.49. The Balaban J connectivity index is 2.40. The molecular weight excluding hydrogens is 310 g/mol. The van der Waals surface area contributed by atoms with Crippen LogP contribution in [0.25, 0.3) is 0 Å². The van der Waals surface area contributed by atoms with Crippen molar-refractivity contribution < 1.29 is 18.3 Å². The van der Waals surface area contributed by atoms with Gasteiger partial charge in [0.2, 0.25) is 0 Å². The smallest absolute Gasteiger partial charge is 0.335 e. The standard InChI is InChI=1S/C14H19NO4S2/c1-3-21(18,19)13-9-20-7-6-15(13)12-5-4-11(14(16)17)8-10(12)2/h4-5,8,13H,3,6-7,9H2,1-2H3,(H,16,17). The molecule has 1 N–H and O–H groups in total. The zero-order valence-corrected chi connectivity index (χ0v) is 13.7. The predicted octanol–water partition coefficient (Wildman–Crippen LogP) is 2.01. The number of aromatic carboxylic acids is 1. The lowest BCUT2D eigenvalue weighted by molar-refractivity contribution is 0.0697. The van der Waals surface area contributed by atoms with E-state index >= 15 is 0 Å². The van der Waals surface area contributed by atoms with E-state index in [0.29, 0.717) is 12.3 Å². The zero-order chi connectivity index (χ0) is 15.6. The van der Waals surface area contributed by atoms with Crippen LogP contribution < -0.4 is 4.90 Å². The molecular formula is C14H19NO4S2. The van der Waals surface area contributed by atoms with Crippen LogP contribution in [0.15, 0.2) is 18.2 Å². The van der Waals surface area contributed by atoms with Crippen molar-refractivity contribution in [2.75, 3.05) is 28.7 Å². The second-order valence-corrected chi connectivity index (χ2v) is 8.58. The number of rotatable bonds is 4. The van der Waals surface area contributed by atoms with Crippen molar-refractivity contribution in [2.45, 2.75) is 19.2 Å². The van der Waals surface area contributed by atoms with Gasteiger partial charge in [-0.25, -0.2) is 13.2 Å². The molecule has 1 fully saturated rings. The largest absolute Gasteiger partial charge is 0.478 e. The lowest BCUT2D eigenvalue weighted by atomic mass is 10.1. The summed E-state index contributed by atoms with van der Waals surface area (Å²) in [6.45, 7) is 4.13. The highest BCUT2D eigenvalue weighted by molar-refractivity contribution is 8.01. The number of sulfone groups is 1. The maximum Gasteiger partial charge on any atom is 0.335 e. The number of hydrogen-bond donors (Lipinski definition) is 1. The Morgan fingerprint density at radius 1 is 1.48 bits per heavy atom. The molecule has 1 atom stereocenters. The molecule has 21 heavy (non-hydrogen) atoms. The van der Waals surface area contributed by atoms with Gasteiger partial charge in [-0.3, -0.25) is 0 Å². The SMILES string of the molecule is CCS(=O)(=O)C1CSCCN1c1ccc(C(=O)O)cc1C. The van der Waals surface area contributed by atoms with Crippen LogP contribution in [0.2, 0.25) is 0 Å². The number of hydrogen-bond acceptors (Lipinski definition) is 5. The van der Waals surface area contributed by atoms with Crippen molar-refractivity contribution in [1.82, 2.24) is 0 Å². The number of carboxylic acid groups (broad SMARTS) is 1. The second-order valence-electron chi connectivity index (χ2n) is 4.98. The Labute approximate surface area is 129 Å². The van der Waals surface area contributed by atoms with Crippen LogP contribution in [0.1, 0.15) is 22.8 Å². The number of aryl methyl sites for hydroxylation is 1. The summed E-state index contributed by atoms with van der Waals surface area (Å²) in [7, 11) is -3.17. The molecule has 116 valence electrons. The number of carboxylic acids is 1. The quantitative estimate of drug-likeness (QED) is 0.911. The lowest BCUT2D eigenvalue weighted by Crippen LogP contribution is -2.48. The van der Waals surface area contributed by atoms with E-state index in [-0.39, 0.29) is 11.3 Å². The number of anilines is 1. The van der Waals surface area contributed by atoms with Crippen LogP contribution >= 0.6 is 11.8 Å². The first-order chi connectivity index (χ1) is 9.86. The fourth-order valence-electron chi connectivity index (χ4n) is 2.46. The molecule has 0 spiro atoms. The van der Waals surface area contributed by atoms with Crippen molar-refractivity contribution in [1.29, 1.82) is 0 Å². The van der Waals surface area contributed by atoms with Gasteiger partial charge >= 0.3 is 5.97 Å². The van der Waals surface area contributed by atoms with Gasteiger partial charge in [0.25, 0.3) is 0 Å². The highest BCUT2D eigenvalue weighted by Crippen LogP contribution is 2.30. The minimum Gasteiger partial charge on any atom is -0.478 e. The predicted molar refractivity (Wildman–Crippen MR) is 86.1 cm³/mol. The van der Waals surface area contributed by atoms with Crippen LogP contribution in [0.3, 0.4) is 0 Å². The summed E-state index contributed by atoms with van der Waals surface area (Å²) in [5.41, 5.74) is 1.82. The van der Waals surface area contributed by atoms with Gasteiger partial charge in [-0.15, -0.1) is 0 Å². The van der Waals surface area contributed by atoms with Gasteiger partial charge in [-0.1, -0.05) is 6.92 Å². The molecule has 1 saturated heterocycles. The van der Waals surface area contributed by atoms with E-state index in [4.69, 9.17) is 5.11 Å². The third-order valence-electron chi connectivity index (χ3n) is 3.65. The monoisotopic (exact) mass is 329 g/mol. The molecule has 1 unspecified atom stereocenters. The van der Waals surface area contributed by atoms with Gasteiger partial charge in [-0.2, -0.15) is 11.8 Å². The molecule has 0 saturated carbocycles. The third kappa shape index (κ3) is 3.35. The Bertz CT molecular complexity index is 642. The minimum atomic E-state index is -3.17. The van der Waals surface area contributed by atoms with E-state index in [1.807, 2.05) is 11.8 Å². The fourth-order valence-corrected chi connectivity index (χ4v) is 5.44. The van der Waals surface area contributed by atoms with Crippen molar-refractivity contribution in [3.8, 4) is 0 Å². The van der Waals surface area contributed by atoms with Crippen molar-refractivity contribution in [3.05, 3.63) is 29.3 Å². The van der Waals surface area contributed by atoms with E-state index in [0.717, 1.165) is 17.0 Å².